The topological polar surface area (TPSA) is 105 Å². The monoisotopic (exact) mass is 377 g/mol. The predicted octanol–water partition coefficient (Wildman–Crippen LogP) is 3.05. The zero-order valence-electron chi connectivity index (χ0n) is 15.2. The molecule has 1 atom stereocenters. The van der Waals surface area contributed by atoms with Gasteiger partial charge in [0.2, 0.25) is 0 Å². The van der Waals surface area contributed by atoms with Crippen LogP contribution in [0.25, 0.3) is 10.3 Å². The first-order chi connectivity index (χ1) is 13.0. The van der Waals surface area contributed by atoms with Gasteiger partial charge in [-0.3, -0.25) is 4.79 Å². The lowest BCUT2D eigenvalue weighted by Crippen LogP contribution is -2.39. The van der Waals surface area contributed by atoms with Crippen molar-refractivity contribution in [2.24, 2.45) is 0 Å². The van der Waals surface area contributed by atoms with Crippen molar-refractivity contribution in [3.05, 3.63) is 51.2 Å². The third-order valence-electron chi connectivity index (χ3n) is 5.04. The molecule has 2 heterocycles. The molecular weight excluding hydrogens is 358 g/mol. The Kier molecular flexibility index (Phi) is 4.28. The highest BCUT2D eigenvalue weighted by molar-refractivity contribution is 7.21. The summed E-state index contributed by atoms with van der Waals surface area (Å²) in [4.78, 5) is 22.6. The van der Waals surface area contributed by atoms with Gasteiger partial charge in [0.05, 0.1) is 23.0 Å². The molecule has 3 aromatic rings. The van der Waals surface area contributed by atoms with Crippen LogP contribution < -0.4 is 11.1 Å². The number of fused-ring (bicyclic) bond motifs is 2. The lowest BCUT2D eigenvalue weighted by atomic mass is 9.84. The molecule has 27 heavy (non-hydrogen) atoms. The highest BCUT2D eigenvalue weighted by Crippen LogP contribution is 2.32. The second-order valence-corrected chi connectivity index (χ2v) is 7.93. The molecule has 1 aliphatic rings. The summed E-state index contributed by atoms with van der Waals surface area (Å²) in [5.74, 6) is -0.184. The Balaban J connectivity index is 1.56. The average Bonchev–Trinajstić information content (AvgIpc) is 2.97. The number of hydrogen-bond donors (Lipinski definition) is 2. The van der Waals surface area contributed by atoms with Crippen molar-refractivity contribution in [1.29, 1.82) is 5.26 Å². The number of nitrogens with two attached hydrogens (primary N) is 1. The maximum atomic E-state index is 12.8. The summed E-state index contributed by atoms with van der Waals surface area (Å²) in [5, 5.41) is 12.5. The van der Waals surface area contributed by atoms with Crippen LogP contribution in [-0.2, 0) is 12.8 Å². The molecule has 0 unspecified atom stereocenters. The maximum Gasteiger partial charge on any atom is 0.263 e. The predicted molar refractivity (Wildman–Crippen MR) is 106 cm³/mol. The number of nitrogens with one attached hydrogen (secondary N) is 1. The molecule has 0 aliphatic heterocycles. The van der Waals surface area contributed by atoms with E-state index in [2.05, 4.69) is 27.4 Å². The molecule has 0 spiro atoms. The molecule has 1 aliphatic carbocycles. The molecule has 0 saturated carbocycles. The number of aromatic nitrogens is 2. The molecule has 0 saturated heterocycles. The molecule has 0 radical (unpaired) electrons. The van der Waals surface area contributed by atoms with Gasteiger partial charge in [-0.15, -0.1) is 11.3 Å². The fraction of sp³-hybridized carbons (Fsp3) is 0.300. The van der Waals surface area contributed by atoms with Crippen LogP contribution in [0.2, 0.25) is 0 Å². The number of thiophene rings is 1. The Morgan fingerprint density at radius 3 is 3.00 bits per heavy atom. The standard InChI is InChI=1S/C20H19N5OS/c1-10-3-4-12-7-13(5-6-14(12)15(10)8-21)25-19(26)18-16(22)17-20(27-18)24-11(2)9-23-17/h3-4,9,13H,5-7,22H2,1-2H3,(H,25,26)/t13-/m1/s1. The minimum Gasteiger partial charge on any atom is -0.396 e. The van der Waals surface area contributed by atoms with Gasteiger partial charge in [-0.05, 0) is 49.8 Å². The molecule has 6 nitrogen and oxygen atoms in total. The van der Waals surface area contributed by atoms with Crippen molar-refractivity contribution in [3.63, 3.8) is 0 Å². The molecule has 1 amide bonds. The number of benzene rings is 1. The molecule has 136 valence electrons. The summed E-state index contributed by atoms with van der Waals surface area (Å²) in [6.45, 7) is 3.82. The van der Waals surface area contributed by atoms with Crippen LogP contribution in [0.1, 0.15) is 44.0 Å². The zero-order valence-corrected chi connectivity index (χ0v) is 16.0. The normalized spacial score (nSPS) is 16.0. The largest absolute Gasteiger partial charge is 0.396 e. The molecule has 3 N–H and O–H groups in total. The van der Waals surface area contributed by atoms with Crippen LogP contribution in [0.5, 0.6) is 0 Å². The number of anilines is 1. The van der Waals surface area contributed by atoms with Crippen LogP contribution in [0.3, 0.4) is 0 Å². The Morgan fingerprint density at radius 2 is 2.22 bits per heavy atom. The van der Waals surface area contributed by atoms with Gasteiger partial charge >= 0.3 is 0 Å². The lowest BCUT2D eigenvalue weighted by molar-refractivity contribution is 0.0938. The quantitative estimate of drug-likeness (QED) is 0.714. The van der Waals surface area contributed by atoms with Crippen molar-refractivity contribution < 1.29 is 4.79 Å². The van der Waals surface area contributed by atoms with Crippen LogP contribution >= 0.6 is 11.3 Å². The van der Waals surface area contributed by atoms with Crippen molar-refractivity contribution in [3.8, 4) is 6.07 Å². The van der Waals surface area contributed by atoms with Crippen molar-refractivity contribution in [2.75, 3.05) is 5.73 Å². The van der Waals surface area contributed by atoms with Gasteiger partial charge < -0.3 is 11.1 Å². The van der Waals surface area contributed by atoms with E-state index in [1.165, 1.54) is 11.3 Å². The number of hydrogen-bond acceptors (Lipinski definition) is 6. The van der Waals surface area contributed by atoms with Gasteiger partial charge in [0.15, 0.2) is 0 Å². The zero-order chi connectivity index (χ0) is 19.1. The van der Waals surface area contributed by atoms with Crippen LogP contribution in [-0.4, -0.2) is 21.9 Å². The van der Waals surface area contributed by atoms with Gasteiger partial charge in [-0.25, -0.2) is 9.97 Å². The van der Waals surface area contributed by atoms with Gasteiger partial charge in [-0.2, -0.15) is 5.26 Å². The van der Waals surface area contributed by atoms with Crippen molar-refractivity contribution in [2.45, 2.75) is 39.2 Å². The Hall–Kier alpha value is -2.98. The summed E-state index contributed by atoms with van der Waals surface area (Å²) in [6.07, 6.45) is 3.96. The highest BCUT2D eigenvalue weighted by atomic mass is 32.1. The molecule has 1 aromatic carbocycles. The first kappa shape index (κ1) is 17.4. The van der Waals surface area contributed by atoms with E-state index in [1.54, 1.807) is 6.20 Å². The summed E-state index contributed by atoms with van der Waals surface area (Å²) in [6, 6.07) is 6.38. The smallest absolute Gasteiger partial charge is 0.263 e. The second-order valence-electron chi connectivity index (χ2n) is 6.93. The van der Waals surface area contributed by atoms with E-state index in [0.29, 0.717) is 20.9 Å². The SMILES string of the molecule is Cc1cnc2c(N)c(C(=O)N[C@@H]3CCc4c(ccc(C)c4C#N)C3)sc2n1. The fourth-order valence-electron chi connectivity index (χ4n) is 3.64. The number of carbonyl (C=O) groups is 1. The maximum absolute atomic E-state index is 12.8. The summed E-state index contributed by atoms with van der Waals surface area (Å²) < 4.78 is 0. The fourth-order valence-corrected chi connectivity index (χ4v) is 4.64. The molecule has 2 aromatic heterocycles. The second kappa shape index (κ2) is 6.63. The Morgan fingerprint density at radius 1 is 1.41 bits per heavy atom. The molecule has 0 fully saturated rings. The van der Waals surface area contributed by atoms with Crippen LogP contribution in [0, 0.1) is 25.2 Å². The van der Waals surface area contributed by atoms with E-state index in [1.807, 2.05) is 19.9 Å². The average molecular weight is 377 g/mol. The minimum absolute atomic E-state index is 0.0199. The highest BCUT2D eigenvalue weighted by Gasteiger charge is 2.25. The van der Waals surface area contributed by atoms with E-state index in [9.17, 15) is 10.1 Å². The summed E-state index contributed by atoms with van der Waals surface area (Å²) >= 11 is 1.27. The van der Waals surface area contributed by atoms with Crippen LogP contribution in [0.15, 0.2) is 18.3 Å². The number of aryl methyl sites for hydroxylation is 2. The number of nitriles is 1. The van der Waals surface area contributed by atoms with E-state index in [4.69, 9.17) is 5.73 Å². The van der Waals surface area contributed by atoms with Crippen molar-refractivity contribution in [1.82, 2.24) is 15.3 Å². The third kappa shape index (κ3) is 3.02. The number of nitrogens with zero attached hydrogens (tertiary/aromatic N) is 3. The number of rotatable bonds is 2. The van der Waals surface area contributed by atoms with Crippen LogP contribution in [0.4, 0.5) is 5.69 Å². The number of nitrogen functional groups attached to an aromatic ring is 1. The third-order valence-corrected chi connectivity index (χ3v) is 6.13. The molecule has 4 rings (SSSR count). The van der Waals surface area contributed by atoms with E-state index >= 15 is 0 Å². The summed E-state index contributed by atoms with van der Waals surface area (Å²) in [5.41, 5.74) is 11.9. The van der Waals surface area contributed by atoms with Gasteiger partial charge in [0.1, 0.15) is 15.2 Å². The molecular formula is C20H19N5OS. The first-order valence-corrected chi connectivity index (χ1v) is 9.63. The lowest BCUT2D eigenvalue weighted by Gasteiger charge is -2.26. The van der Waals surface area contributed by atoms with E-state index in [-0.39, 0.29) is 11.9 Å². The first-order valence-electron chi connectivity index (χ1n) is 8.82. The summed E-state index contributed by atoms with van der Waals surface area (Å²) in [7, 11) is 0. The van der Waals surface area contributed by atoms with Gasteiger partial charge in [0, 0.05) is 12.2 Å². The Labute approximate surface area is 161 Å². The Bertz CT molecular complexity index is 1110. The van der Waals surface area contributed by atoms with Crippen molar-refractivity contribution >= 4 is 33.3 Å². The molecule has 7 heteroatoms. The van der Waals surface area contributed by atoms with E-state index in [0.717, 1.165) is 47.2 Å². The van der Waals surface area contributed by atoms with Gasteiger partial charge in [-0.1, -0.05) is 12.1 Å². The van der Waals surface area contributed by atoms with E-state index < -0.39 is 0 Å². The molecule has 0 bridgehead atoms. The van der Waals surface area contributed by atoms with Gasteiger partial charge in [0.25, 0.3) is 5.91 Å². The minimum atomic E-state index is -0.184. The number of amides is 1. The number of carbonyl (C=O) groups excluding carboxylic acids is 1.